The Kier molecular flexibility index (Phi) is 7.82. The number of hydrogen-bond acceptors (Lipinski definition) is 5. The van der Waals surface area contributed by atoms with Crippen LogP contribution in [0.25, 0.3) is 0 Å². The zero-order valence-corrected chi connectivity index (χ0v) is 16.2. The molecule has 1 atom stereocenters. The van der Waals surface area contributed by atoms with Crippen molar-refractivity contribution in [3.63, 3.8) is 0 Å². The molecule has 2 aromatic rings. The summed E-state index contributed by atoms with van der Waals surface area (Å²) in [4.78, 5) is 24.2. The molecule has 9 heteroatoms. The molecule has 0 saturated heterocycles. The normalized spacial score (nSPS) is 13.2. The van der Waals surface area contributed by atoms with E-state index in [-0.39, 0.29) is 18.7 Å². The van der Waals surface area contributed by atoms with Gasteiger partial charge in [-0.1, -0.05) is 42.5 Å². The molecule has 1 unspecified atom stereocenters. The summed E-state index contributed by atoms with van der Waals surface area (Å²) in [7, 11) is 0. The van der Waals surface area contributed by atoms with E-state index < -0.39 is 42.4 Å². The summed E-state index contributed by atoms with van der Waals surface area (Å²) in [6.45, 7) is 0.0476. The quantitative estimate of drug-likeness (QED) is 0.631. The summed E-state index contributed by atoms with van der Waals surface area (Å²) in [5, 5.41) is 12.0. The molecule has 162 valence electrons. The van der Waals surface area contributed by atoms with Gasteiger partial charge < -0.3 is 19.9 Å². The molecule has 2 N–H and O–H groups in total. The number of benzene rings is 2. The van der Waals surface area contributed by atoms with Crippen molar-refractivity contribution in [2.75, 3.05) is 13.2 Å². The van der Waals surface area contributed by atoms with Crippen LogP contribution in [-0.4, -0.2) is 30.4 Å². The molecule has 0 radical (unpaired) electrons. The lowest BCUT2D eigenvalue weighted by Crippen LogP contribution is -2.44. The average molecular weight is 425 g/mol. The maximum atomic E-state index is 12.8. The number of carbonyl (C=O) groups is 2. The van der Waals surface area contributed by atoms with Crippen LogP contribution in [0.15, 0.2) is 54.6 Å². The van der Waals surface area contributed by atoms with Gasteiger partial charge in [0.05, 0.1) is 12.2 Å². The lowest BCUT2D eigenvalue weighted by molar-refractivity contribution is -0.137. The monoisotopic (exact) mass is 425 g/mol. The SMILES string of the molecule is CC(CO)(COC(=O)OCc1ccccc1)C(=O)NCc1cccc(C(F)(F)F)c1. The Morgan fingerprint density at radius 2 is 1.67 bits per heavy atom. The molecule has 0 aliphatic rings. The number of aliphatic hydroxyl groups is 1. The first-order valence-corrected chi connectivity index (χ1v) is 9.03. The van der Waals surface area contributed by atoms with Gasteiger partial charge in [0.25, 0.3) is 0 Å². The van der Waals surface area contributed by atoms with Crippen LogP contribution in [0.4, 0.5) is 18.0 Å². The van der Waals surface area contributed by atoms with Gasteiger partial charge in [-0.25, -0.2) is 4.79 Å². The Labute approximate surface area is 171 Å². The third-order valence-corrected chi connectivity index (χ3v) is 4.31. The minimum Gasteiger partial charge on any atom is -0.433 e. The molecule has 0 fully saturated rings. The van der Waals surface area contributed by atoms with Gasteiger partial charge in [0.1, 0.15) is 18.6 Å². The zero-order valence-electron chi connectivity index (χ0n) is 16.2. The van der Waals surface area contributed by atoms with Crippen LogP contribution in [0, 0.1) is 5.41 Å². The molecule has 2 aromatic carbocycles. The van der Waals surface area contributed by atoms with E-state index in [1.807, 2.05) is 6.07 Å². The Hall–Kier alpha value is -3.07. The Morgan fingerprint density at radius 1 is 1.00 bits per heavy atom. The second-order valence-electron chi connectivity index (χ2n) is 6.91. The van der Waals surface area contributed by atoms with Crippen molar-refractivity contribution in [2.24, 2.45) is 5.41 Å². The number of halogens is 3. The molecule has 1 amide bonds. The topological polar surface area (TPSA) is 84.9 Å². The number of carbonyl (C=O) groups excluding carboxylic acids is 2. The molecular weight excluding hydrogens is 403 g/mol. The van der Waals surface area contributed by atoms with Gasteiger partial charge in [0.2, 0.25) is 5.91 Å². The molecular formula is C21H22F3NO5. The standard InChI is InChI=1S/C21H22F3NO5/c1-20(13-26,14-30-19(28)29-12-15-6-3-2-4-7-15)18(27)25-11-16-8-5-9-17(10-16)21(22,23)24/h2-10,26H,11-14H2,1H3,(H,25,27). The molecule has 30 heavy (non-hydrogen) atoms. The van der Waals surface area contributed by atoms with Crippen LogP contribution < -0.4 is 5.32 Å². The van der Waals surface area contributed by atoms with E-state index in [9.17, 15) is 27.9 Å². The van der Waals surface area contributed by atoms with Crippen LogP contribution >= 0.6 is 0 Å². The Morgan fingerprint density at radius 3 is 2.30 bits per heavy atom. The maximum absolute atomic E-state index is 12.8. The highest BCUT2D eigenvalue weighted by molar-refractivity contribution is 5.82. The molecule has 0 bridgehead atoms. The van der Waals surface area contributed by atoms with E-state index in [0.717, 1.165) is 17.7 Å². The predicted molar refractivity (Wildman–Crippen MR) is 101 cm³/mol. The minimum atomic E-state index is -4.49. The lowest BCUT2D eigenvalue weighted by Gasteiger charge is -2.25. The minimum absolute atomic E-state index is 0.0166. The van der Waals surface area contributed by atoms with Crippen LogP contribution in [0.3, 0.4) is 0 Å². The van der Waals surface area contributed by atoms with Crippen molar-refractivity contribution < 1.29 is 37.3 Å². The highest BCUT2D eigenvalue weighted by Crippen LogP contribution is 2.29. The van der Waals surface area contributed by atoms with E-state index in [0.29, 0.717) is 0 Å². The average Bonchev–Trinajstić information content (AvgIpc) is 2.74. The third-order valence-electron chi connectivity index (χ3n) is 4.31. The van der Waals surface area contributed by atoms with Gasteiger partial charge in [-0.05, 0) is 30.2 Å². The van der Waals surface area contributed by atoms with E-state index >= 15 is 0 Å². The maximum Gasteiger partial charge on any atom is 0.508 e. The fourth-order valence-electron chi connectivity index (χ4n) is 2.41. The largest absolute Gasteiger partial charge is 0.508 e. The highest BCUT2D eigenvalue weighted by atomic mass is 19.4. The Bertz CT molecular complexity index is 857. The second-order valence-corrected chi connectivity index (χ2v) is 6.91. The van der Waals surface area contributed by atoms with Gasteiger partial charge in [-0.15, -0.1) is 0 Å². The first kappa shape index (κ1) is 23.2. The summed E-state index contributed by atoms with van der Waals surface area (Å²) in [5.74, 6) is -0.682. The van der Waals surface area contributed by atoms with Gasteiger partial charge in [0, 0.05) is 6.54 Å². The number of alkyl halides is 3. The van der Waals surface area contributed by atoms with E-state index in [4.69, 9.17) is 9.47 Å². The fraction of sp³-hybridized carbons (Fsp3) is 0.333. The first-order valence-electron chi connectivity index (χ1n) is 9.03. The summed E-state index contributed by atoms with van der Waals surface area (Å²) in [5.41, 5.74) is -1.34. The van der Waals surface area contributed by atoms with Crippen LogP contribution in [-0.2, 0) is 33.6 Å². The molecule has 0 aromatic heterocycles. The van der Waals surface area contributed by atoms with Crippen molar-refractivity contribution >= 4 is 12.1 Å². The van der Waals surface area contributed by atoms with Gasteiger partial charge in [-0.3, -0.25) is 4.79 Å². The van der Waals surface area contributed by atoms with Crippen LogP contribution in [0.2, 0.25) is 0 Å². The second kappa shape index (κ2) is 10.1. The van der Waals surface area contributed by atoms with E-state index in [2.05, 4.69) is 5.32 Å². The highest BCUT2D eigenvalue weighted by Gasteiger charge is 2.35. The number of hydrogen-bond donors (Lipinski definition) is 2. The molecule has 0 spiro atoms. The van der Waals surface area contributed by atoms with E-state index in [1.165, 1.54) is 19.1 Å². The van der Waals surface area contributed by atoms with Crippen molar-refractivity contribution in [1.82, 2.24) is 5.32 Å². The number of amides is 1. The summed E-state index contributed by atoms with van der Waals surface area (Å²) in [6.07, 6.45) is -5.50. The lowest BCUT2D eigenvalue weighted by atomic mass is 9.91. The zero-order chi connectivity index (χ0) is 22.2. The summed E-state index contributed by atoms with van der Waals surface area (Å²) >= 11 is 0. The Balaban J connectivity index is 1.87. The van der Waals surface area contributed by atoms with E-state index in [1.54, 1.807) is 24.3 Å². The van der Waals surface area contributed by atoms with Gasteiger partial charge in [0.15, 0.2) is 0 Å². The summed E-state index contributed by atoms with van der Waals surface area (Å²) < 4.78 is 48.2. The fourth-order valence-corrected chi connectivity index (χ4v) is 2.41. The summed E-state index contributed by atoms with van der Waals surface area (Å²) in [6, 6.07) is 13.4. The van der Waals surface area contributed by atoms with Crippen molar-refractivity contribution in [2.45, 2.75) is 26.3 Å². The smallest absolute Gasteiger partial charge is 0.433 e. The number of aliphatic hydroxyl groups excluding tert-OH is 1. The number of nitrogens with one attached hydrogen (secondary N) is 1. The molecule has 0 aliphatic heterocycles. The van der Waals surface area contributed by atoms with Crippen LogP contribution in [0.5, 0.6) is 0 Å². The first-order chi connectivity index (χ1) is 14.1. The molecule has 6 nitrogen and oxygen atoms in total. The third kappa shape index (κ3) is 6.77. The van der Waals surface area contributed by atoms with Crippen LogP contribution in [0.1, 0.15) is 23.6 Å². The van der Waals surface area contributed by atoms with Gasteiger partial charge >= 0.3 is 12.3 Å². The molecule has 0 saturated carbocycles. The molecule has 0 aliphatic carbocycles. The number of ether oxygens (including phenoxy) is 2. The van der Waals surface area contributed by atoms with Gasteiger partial charge in [-0.2, -0.15) is 13.2 Å². The number of rotatable bonds is 8. The van der Waals surface area contributed by atoms with Crippen molar-refractivity contribution in [1.29, 1.82) is 0 Å². The van der Waals surface area contributed by atoms with Crippen molar-refractivity contribution in [3.8, 4) is 0 Å². The molecule has 2 rings (SSSR count). The molecule has 0 heterocycles. The van der Waals surface area contributed by atoms with Crippen molar-refractivity contribution in [3.05, 3.63) is 71.3 Å². The predicted octanol–water partition coefficient (Wildman–Crippen LogP) is 3.67.